The highest BCUT2D eigenvalue weighted by Crippen LogP contribution is 2.16. The van der Waals surface area contributed by atoms with Gasteiger partial charge in [0.05, 0.1) is 6.54 Å². The Morgan fingerprint density at radius 3 is 2.85 bits per heavy atom. The van der Waals surface area contributed by atoms with Gasteiger partial charge in [0, 0.05) is 18.3 Å². The van der Waals surface area contributed by atoms with E-state index in [1.807, 2.05) is 6.92 Å². The summed E-state index contributed by atoms with van der Waals surface area (Å²) in [6.07, 6.45) is 2.59. The quantitative estimate of drug-likeness (QED) is 0.848. The van der Waals surface area contributed by atoms with Crippen LogP contribution in [0.15, 0.2) is 6.07 Å². The first-order chi connectivity index (χ1) is 9.54. The lowest BCUT2D eigenvalue weighted by atomic mass is 9.98. The molecule has 0 saturated carbocycles. The maximum atomic E-state index is 6.03. The standard InChI is InChI=1S/C15H25ClN4/c1-11(2)20(9-13-5-4-6-17-8-13)10-15-18-12(3)7-14(16)19-15/h7,11,13,17H,4-6,8-10H2,1-3H3. The fraction of sp³-hybridized carbons (Fsp3) is 0.733. The first kappa shape index (κ1) is 15.7. The highest BCUT2D eigenvalue weighted by atomic mass is 35.5. The average Bonchev–Trinajstić information content (AvgIpc) is 2.38. The zero-order valence-corrected chi connectivity index (χ0v) is 13.5. The SMILES string of the molecule is Cc1cc(Cl)nc(CN(CC2CCCNC2)C(C)C)n1. The van der Waals surface area contributed by atoms with Crippen LogP contribution in [0.1, 0.15) is 38.2 Å². The Bertz CT molecular complexity index is 410. The second kappa shape index (κ2) is 7.34. The topological polar surface area (TPSA) is 41.1 Å². The molecule has 0 bridgehead atoms. The first-order valence-corrected chi connectivity index (χ1v) is 7.87. The van der Waals surface area contributed by atoms with E-state index >= 15 is 0 Å². The summed E-state index contributed by atoms with van der Waals surface area (Å²) in [7, 11) is 0. The Balaban J connectivity index is 2.00. The van der Waals surface area contributed by atoms with Gasteiger partial charge in [0.25, 0.3) is 0 Å². The highest BCUT2D eigenvalue weighted by molar-refractivity contribution is 6.29. The Morgan fingerprint density at radius 1 is 1.45 bits per heavy atom. The van der Waals surface area contributed by atoms with Crippen molar-refractivity contribution in [3.63, 3.8) is 0 Å². The van der Waals surface area contributed by atoms with Crippen LogP contribution in [0, 0.1) is 12.8 Å². The summed E-state index contributed by atoms with van der Waals surface area (Å²) in [5, 5.41) is 4.02. The second-order valence-corrected chi connectivity index (χ2v) is 6.37. The van der Waals surface area contributed by atoms with Crippen molar-refractivity contribution in [3.05, 3.63) is 22.7 Å². The van der Waals surface area contributed by atoms with Gasteiger partial charge in [-0.1, -0.05) is 11.6 Å². The molecule has 5 heteroatoms. The predicted molar refractivity (Wildman–Crippen MR) is 82.9 cm³/mol. The van der Waals surface area contributed by atoms with Gasteiger partial charge in [-0.2, -0.15) is 0 Å². The van der Waals surface area contributed by atoms with Crippen LogP contribution < -0.4 is 5.32 Å². The summed E-state index contributed by atoms with van der Waals surface area (Å²) >= 11 is 6.03. The van der Waals surface area contributed by atoms with Crippen LogP contribution in [0.2, 0.25) is 5.15 Å². The summed E-state index contributed by atoms with van der Waals surface area (Å²) in [4.78, 5) is 11.3. The lowest BCUT2D eigenvalue weighted by molar-refractivity contribution is 0.160. The van der Waals surface area contributed by atoms with Crippen LogP contribution >= 0.6 is 11.6 Å². The number of piperidine rings is 1. The number of hydrogen-bond donors (Lipinski definition) is 1. The smallest absolute Gasteiger partial charge is 0.144 e. The fourth-order valence-corrected chi connectivity index (χ4v) is 2.97. The van der Waals surface area contributed by atoms with E-state index in [2.05, 4.69) is 34.0 Å². The second-order valence-electron chi connectivity index (χ2n) is 5.98. The molecular formula is C15H25ClN4. The number of nitrogens with one attached hydrogen (secondary N) is 1. The van der Waals surface area contributed by atoms with Gasteiger partial charge in [0.2, 0.25) is 0 Å². The summed E-state index contributed by atoms with van der Waals surface area (Å²) in [6.45, 7) is 10.6. The maximum absolute atomic E-state index is 6.03. The molecule has 1 aromatic rings. The highest BCUT2D eigenvalue weighted by Gasteiger charge is 2.20. The van der Waals surface area contributed by atoms with Gasteiger partial charge in [-0.3, -0.25) is 4.90 Å². The zero-order chi connectivity index (χ0) is 14.5. The molecule has 0 aromatic carbocycles. The van der Waals surface area contributed by atoms with Crippen molar-refractivity contribution >= 4 is 11.6 Å². The molecule has 1 aliphatic heterocycles. The molecule has 20 heavy (non-hydrogen) atoms. The number of aromatic nitrogens is 2. The number of nitrogens with zero attached hydrogens (tertiary/aromatic N) is 3. The Labute approximate surface area is 126 Å². The summed E-state index contributed by atoms with van der Waals surface area (Å²) in [5.41, 5.74) is 0.933. The molecular weight excluding hydrogens is 272 g/mol. The molecule has 1 saturated heterocycles. The number of aryl methyl sites for hydroxylation is 1. The van der Waals surface area contributed by atoms with Crippen LogP contribution in [0.3, 0.4) is 0 Å². The fourth-order valence-electron chi connectivity index (χ4n) is 2.71. The van der Waals surface area contributed by atoms with Gasteiger partial charge in [0.15, 0.2) is 0 Å². The van der Waals surface area contributed by atoms with Gasteiger partial charge in [0.1, 0.15) is 11.0 Å². The number of halogens is 1. The van der Waals surface area contributed by atoms with Gasteiger partial charge < -0.3 is 5.32 Å². The maximum Gasteiger partial charge on any atom is 0.144 e. The zero-order valence-electron chi connectivity index (χ0n) is 12.7. The van der Waals surface area contributed by atoms with E-state index in [1.54, 1.807) is 6.07 Å². The van der Waals surface area contributed by atoms with Crippen LogP contribution in [-0.4, -0.2) is 40.5 Å². The van der Waals surface area contributed by atoms with E-state index in [1.165, 1.54) is 12.8 Å². The van der Waals surface area contributed by atoms with E-state index in [4.69, 9.17) is 11.6 Å². The van der Waals surface area contributed by atoms with Crippen molar-refractivity contribution in [2.75, 3.05) is 19.6 Å². The summed E-state index contributed by atoms with van der Waals surface area (Å²) < 4.78 is 0. The van der Waals surface area contributed by atoms with Gasteiger partial charge in [-0.25, -0.2) is 9.97 Å². The Kier molecular flexibility index (Phi) is 5.75. The molecule has 0 spiro atoms. The molecule has 1 N–H and O–H groups in total. The molecule has 2 heterocycles. The van der Waals surface area contributed by atoms with Crippen LogP contribution in [-0.2, 0) is 6.54 Å². The van der Waals surface area contributed by atoms with Crippen molar-refractivity contribution < 1.29 is 0 Å². The third-order valence-electron chi connectivity index (χ3n) is 3.84. The molecule has 1 unspecified atom stereocenters. The predicted octanol–water partition coefficient (Wildman–Crippen LogP) is 2.65. The number of hydrogen-bond acceptors (Lipinski definition) is 4. The minimum atomic E-state index is 0.486. The minimum Gasteiger partial charge on any atom is -0.316 e. The summed E-state index contributed by atoms with van der Waals surface area (Å²) in [5.74, 6) is 1.55. The molecule has 4 nitrogen and oxygen atoms in total. The molecule has 1 atom stereocenters. The molecule has 0 radical (unpaired) electrons. The van der Waals surface area contributed by atoms with Crippen molar-refractivity contribution in [2.24, 2.45) is 5.92 Å². The summed E-state index contributed by atoms with van der Waals surface area (Å²) in [6, 6.07) is 2.29. The lowest BCUT2D eigenvalue weighted by Crippen LogP contribution is -2.41. The molecule has 112 valence electrons. The third-order valence-corrected chi connectivity index (χ3v) is 4.03. The third kappa shape index (κ3) is 4.69. The number of rotatable bonds is 5. The van der Waals surface area contributed by atoms with E-state index < -0.39 is 0 Å². The largest absolute Gasteiger partial charge is 0.316 e. The average molecular weight is 297 g/mol. The van der Waals surface area contributed by atoms with Crippen LogP contribution in [0.4, 0.5) is 0 Å². The molecule has 2 rings (SSSR count). The molecule has 0 amide bonds. The molecule has 1 aromatic heterocycles. The van der Waals surface area contributed by atoms with Crippen molar-refractivity contribution in [2.45, 2.75) is 46.2 Å². The van der Waals surface area contributed by atoms with E-state index in [9.17, 15) is 0 Å². The lowest BCUT2D eigenvalue weighted by Gasteiger charge is -2.32. The molecule has 0 aliphatic carbocycles. The van der Waals surface area contributed by atoms with E-state index in [-0.39, 0.29) is 0 Å². The van der Waals surface area contributed by atoms with E-state index in [0.717, 1.165) is 43.6 Å². The first-order valence-electron chi connectivity index (χ1n) is 7.49. The van der Waals surface area contributed by atoms with Gasteiger partial charge >= 0.3 is 0 Å². The minimum absolute atomic E-state index is 0.486. The van der Waals surface area contributed by atoms with Gasteiger partial charge in [-0.05, 0) is 58.7 Å². The molecule has 1 fully saturated rings. The normalized spacial score (nSPS) is 19.8. The Hall–Kier alpha value is -0.710. The van der Waals surface area contributed by atoms with Crippen molar-refractivity contribution in [1.29, 1.82) is 0 Å². The van der Waals surface area contributed by atoms with Crippen molar-refractivity contribution in [1.82, 2.24) is 20.2 Å². The van der Waals surface area contributed by atoms with Crippen molar-refractivity contribution in [3.8, 4) is 0 Å². The van der Waals surface area contributed by atoms with Crippen LogP contribution in [0.5, 0.6) is 0 Å². The van der Waals surface area contributed by atoms with Crippen LogP contribution in [0.25, 0.3) is 0 Å². The Morgan fingerprint density at radius 2 is 2.25 bits per heavy atom. The molecule has 1 aliphatic rings. The van der Waals surface area contributed by atoms with Gasteiger partial charge in [-0.15, -0.1) is 0 Å². The van der Waals surface area contributed by atoms with E-state index in [0.29, 0.717) is 11.2 Å². The monoisotopic (exact) mass is 296 g/mol.